The predicted molar refractivity (Wildman–Crippen MR) is 125 cm³/mol. The molecule has 2 N–H and O–H groups in total. The lowest BCUT2D eigenvalue weighted by Gasteiger charge is -2.20. The van der Waals surface area contributed by atoms with Crippen molar-refractivity contribution in [3.05, 3.63) is 65.9 Å². The Hall–Kier alpha value is -4.21. The highest BCUT2D eigenvalue weighted by Crippen LogP contribution is 2.25. The SMILES string of the molecule is Cc1ccc(-c2noc([C@@H](C)NC(=O)OC(C)(C)C)n2)cc1NC(=O)c1cnc2ccccn12. The molecule has 0 fully saturated rings. The molecule has 1 atom stereocenters. The first kappa shape index (κ1) is 23.0. The predicted octanol–water partition coefficient (Wildman–Crippen LogP) is 4.53. The molecule has 0 saturated heterocycles. The highest BCUT2D eigenvalue weighted by atomic mass is 16.6. The van der Waals surface area contributed by atoms with Crippen LogP contribution in [0.5, 0.6) is 0 Å². The maximum Gasteiger partial charge on any atom is 0.408 e. The Labute approximate surface area is 196 Å². The third kappa shape index (κ3) is 5.06. The van der Waals surface area contributed by atoms with E-state index in [1.807, 2.05) is 37.3 Å². The third-order valence-corrected chi connectivity index (χ3v) is 4.94. The molecule has 0 aliphatic carbocycles. The van der Waals surface area contributed by atoms with Crippen molar-refractivity contribution in [1.82, 2.24) is 24.8 Å². The molecule has 0 radical (unpaired) electrons. The van der Waals surface area contributed by atoms with E-state index in [1.54, 1.807) is 44.4 Å². The number of imidazole rings is 1. The average Bonchev–Trinajstić information content (AvgIpc) is 3.41. The number of nitrogens with zero attached hydrogens (tertiary/aromatic N) is 4. The lowest BCUT2D eigenvalue weighted by Crippen LogP contribution is -2.34. The van der Waals surface area contributed by atoms with Gasteiger partial charge < -0.3 is 19.9 Å². The summed E-state index contributed by atoms with van der Waals surface area (Å²) < 4.78 is 12.3. The Morgan fingerprint density at radius 3 is 2.74 bits per heavy atom. The Morgan fingerprint density at radius 1 is 1.18 bits per heavy atom. The van der Waals surface area contributed by atoms with Crippen LogP contribution in [0.15, 0.2) is 53.3 Å². The molecule has 3 heterocycles. The summed E-state index contributed by atoms with van der Waals surface area (Å²) in [6.07, 6.45) is 2.75. The molecule has 0 aliphatic heterocycles. The van der Waals surface area contributed by atoms with Gasteiger partial charge in [-0.15, -0.1) is 0 Å². The molecule has 0 saturated carbocycles. The minimum Gasteiger partial charge on any atom is -0.444 e. The third-order valence-electron chi connectivity index (χ3n) is 4.94. The fraction of sp³-hybridized carbons (Fsp3) is 0.292. The molecule has 4 rings (SSSR count). The highest BCUT2D eigenvalue weighted by molar-refractivity contribution is 6.04. The second-order valence-electron chi connectivity index (χ2n) is 8.88. The van der Waals surface area contributed by atoms with E-state index in [0.29, 0.717) is 28.4 Å². The topological polar surface area (TPSA) is 124 Å². The summed E-state index contributed by atoms with van der Waals surface area (Å²) in [5, 5.41) is 9.63. The van der Waals surface area contributed by atoms with Crippen molar-refractivity contribution in [1.29, 1.82) is 0 Å². The molecule has 0 spiro atoms. The van der Waals surface area contributed by atoms with Crippen LogP contribution in [-0.4, -0.2) is 37.1 Å². The molecule has 0 bridgehead atoms. The van der Waals surface area contributed by atoms with Crippen molar-refractivity contribution in [2.75, 3.05) is 5.32 Å². The molecule has 0 unspecified atom stereocenters. The number of aromatic nitrogens is 4. The van der Waals surface area contributed by atoms with Gasteiger partial charge in [-0.2, -0.15) is 4.98 Å². The molecule has 2 amide bonds. The molecule has 0 aliphatic rings. The van der Waals surface area contributed by atoms with Gasteiger partial charge in [-0.3, -0.25) is 9.20 Å². The first-order valence-electron chi connectivity index (χ1n) is 10.8. The number of alkyl carbamates (subject to hydrolysis) is 1. The van der Waals surface area contributed by atoms with Crippen molar-refractivity contribution < 1.29 is 18.8 Å². The Kier molecular flexibility index (Phi) is 6.06. The highest BCUT2D eigenvalue weighted by Gasteiger charge is 2.22. The van der Waals surface area contributed by atoms with Crippen LogP contribution in [-0.2, 0) is 4.74 Å². The minimum atomic E-state index is -0.615. The quantitative estimate of drug-likeness (QED) is 0.446. The van der Waals surface area contributed by atoms with E-state index in [-0.39, 0.29) is 11.8 Å². The van der Waals surface area contributed by atoms with Gasteiger partial charge in [0.2, 0.25) is 11.7 Å². The van der Waals surface area contributed by atoms with E-state index in [4.69, 9.17) is 9.26 Å². The molecule has 34 heavy (non-hydrogen) atoms. The van der Waals surface area contributed by atoms with E-state index < -0.39 is 17.7 Å². The van der Waals surface area contributed by atoms with Gasteiger partial charge in [-0.05, 0) is 58.4 Å². The average molecular weight is 463 g/mol. The standard InChI is InChI=1S/C24H26N6O4/c1-14-9-10-16(20-28-22(34-29-20)15(2)26-23(32)33-24(3,4)5)12-17(14)27-21(31)18-13-25-19-8-6-7-11-30(18)19/h6-13,15H,1-5H3,(H,26,32)(H,27,31)/t15-/m1/s1. The van der Waals surface area contributed by atoms with Gasteiger partial charge in [-0.25, -0.2) is 9.78 Å². The number of pyridine rings is 1. The van der Waals surface area contributed by atoms with Gasteiger partial charge in [0.05, 0.1) is 6.20 Å². The Balaban J connectivity index is 1.51. The molecular weight excluding hydrogens is 436 g/mol. The van der Waals surface area contributed by atoms with Crippen molar-refractivity contribution in [2.45, 2.75) is 46.3 Å². The van der Waals surface area contributed by atoms with Crippen LogP contribution in [0, 0.1) is 6.92 Å². The summed E-state index contributed by atoms with van der Waals surface area (Å²) in [5.41, 5.74) is 2.62. The van der Waals surface area contributed by atoms with Crippen molar-refractivity contribution in [3.63, 3.8) is 0 Å². The molecular formula is C24H26N6O4. The number of fused-ring (bicyclic) bond motifs is 1. The van der Waals surface area contributed by atoms with Crippen LogP contribution in [0.1, 0.15) is 55.7 Å². The van der Waals surface area contributed by atoms with E-state index >= 15 is 0 Å². The summed E-state index contributed by atoms with van der Waals surface area (Å²) in [6, 6.07) is 10.4. The lowest BCUT2D eigenvalue weighted by molar-refractivity contribution is 0.0499. The fourth-order valence-corrected chi connectivity index (χ4v) is 3.26. The van der Waals surface area contributed by atoms with Crippen LogP contribution in [0.4, 0.5) is 10.5 Å². The number of rotatable bonds is 5. The Bertz CT molecular complexity index is 1350. The zero-order valence-electron chi connectivity index (χ0n) is 19.6. The Morgan fingerprint density at radius 2 is 1.97 bits per heavy atom. The fourth-order valence-electron chi connectivity index (χ4n) is 3.26. The molecule has 3 aromatic heterocycles. The number of hydrogen-bond acceptors (Lipinski definition) is 7. The lowest BCUT2D eigenvalue weighted by atomic mass is 10.1. The number of anilines is 1. The van der Waals surface area contributed by atoms with E-state index in [9.17, 15) is 9.59 Å². The molecule has 10 heteroatoms. The van der Waals surface area contributed by atoms with Crippen LogP contribution < -0.4 is 10.6 Å². The van der Waals surface area contributed by atoms with Crippen LogP contribution >= 0.6 is 0 Å². The van der Waals surface area contributed by atoms with Gasteiger partial charge in [0.25, 0.3) is 5.91 Å². The summed E-state index contributed by atoms with van der Waals surface area (Å²) in [4.78, 5) is 33.6. The van der Waals surface area contributed by atoms with E-state index in [1.165, 1.54) is 6.20 Å². The van der Waals surface area contributed by atoms with Gasteiger partial charge in [0.1, 0.15) is 23.0 Å². The van der Waals surface area contributed by atoms with Gasteiger partial charge >= 0.3 is 6.09 Å². The van der Waals surface area contributed by atoms with Crippen molar-refractivity contribution in [2.24, 2.45) is 0 Å². The molecule has 1 aromatic carbocycles. The van der Waals surface area contributed by atoms with Crippen LogP contribution in [0.25, 0.3) is 17.0 Å². The first-order chi connectivity index (χ1) is 16.1. The number of carbonyl (C=O) groups excluding carboxylic acids is 2. The molecule has 176 valence electrons. The maximum atomic E-state index is 12.9. The largest absolute Gasteiger partial charge is 0.444 e. The van der Waals surface area contributed by atoms with Crippen molar-refractivity contribution in [3.8, 4) is 11.4 Å². The molecule has 4 aromatic rings. The van der Waals surface area contributed by atoms with Gasteiger partial charge in [0, 0.05) is 17.4 Å². The minimum absolute atomic E-state index is 0.234. The monoisotopic (exact) mass is 462 g/mol. The normalized spacial score (nSPS) is 12.4. The summed E-state index contributed by atoms with van der Waals surface area (Å²) in [6.45, 7) is 8.96. The zero-order chi connectivity index (χ0) is 24.5. The summed E-state index contributed by atoms with van der Waals surface area (Å²) >= 11 is 0. The van der Waals surface area contributed by atoms with Crippen LogP contribution in [0.2, 0.25) is 0 Å². The first-order valence-corrected chi connectivity index (χ1v) is 10.8. The van der Waals surface area contributed by atoms with E-state index in [2.05, 4.69) is 25.8 Å². The smallest absolute Gasteiger partial charge is 0.408 e. The number of benzene rings is 1. The van der Waals surface area contributed by atoms with Crippen LogP contribution in [0.3, 0.4) is 0 Å². The van der Waals surface area contributed by atoms with E-state index in [0.717, 1.165) is 5.56 Å². The summed E-state index contributed by atoms with van der Waals surface area (Å²) in [5.74, 6) is 0.277. The van der Waals surface area contributed by atoms with Gasteiger partial charge in [0.15, 0.2) is 0 Å². The number of hydrogen-bond donors (Lipinski definition) is 2. The van der Waals surface area contributed by atoms with Gasteiger partial charge in [-0.1, -0.05) is 23.4 Å². The van der Waals surface area contributed by atoms with Crippen molar-refractivity contribution >= 4 is 23.3 Å². The second kappa shape index (κ2) is 8.97. The summed E-state index contributed by atoms with van der Waals surface area (Å²) in [7, 11) is 0. The number of amides is 2. The maximum absolute atomic E-state index is 12.9. The molecule has 10 nitrogen and oxygen atoms in total. The number of nitrogens with one attached hydrogen (secondary N) is 2. The second-order valence-corrected chi connectivity index (χ2v) is 8.88. The number of carbonyl (C=O) groups is 2. The zero-order valence-corrected chi connectivity index (χ0v) is 19.6. The number of aryl methyl sites for hydroxylation is 1. The number of ether oxygens (including phenoxy) is 1.